The SMILES string of the molecule is OB(O)C1=CC(F)(F)CCC1. The number of hydrogen-bond acceptors (Lipinski definition) is 2. The van der Waals surface area contributed by atoms with Crippen LogP contribution in [0.15, 0.2) is 11.5 Å². The van der Waals surface area contributed by atoms with Crippen LogP contribution in [0.2, 0.25) is 0 Å². The Morgan fingerprint density at radius 1 is 1.45 bits per heavy atom. The summed E-state index contributed by atoms with van der Waals surface area (Å²) in [5.41, 5.74) is 0.0289. The molecule has 1 aliphatic carbocycles. The van der Waals surface area contributed by atoms with Crippen molar-refractivity contribution in [3.63, 3.8) is 0 Å². The summed E-state index contributed by atoms with van der Waals surface area (Å²) in [6, 6.07) is 0. The summed E-state index contributed by atoms with van der Waals surface area (Å²) in [5, 5.41) is 17.1. The van der Waals surface area contributed by atoms with Crippen molar-refractivity contribution < 1.29 is 18.8 Å². The van der Waals surface area contributed by atoms with Gasteiger partial charge in [0.25, 0.3) is 5.92 Å². The van der Waals surface area contributed by atoms with Crippen molar-refractivity contribution in [3.05, 3.63) is 11.5 Å². The summed E-state index contributed by atoms with van der Waals surface area (Å²) in [4.78, 5) is 0. The van der Waals surface area contributed by atoms with Gasteiger partial charge in [0.2, 0.25) is 0 Å². The third-order valence-corrected chi connectivity index (χ3v) is 1.70. The van der Waals surface area contributed by atoms with Gasteiger partial charge in [0.1, 0.15) is 0 Å². The van der Waals surface area contributed by atoms with Crippen molar-refractivity contribution in [2.75, 3.05) is 0 Å². The van der Waals surface area contributed by atoms with Crippen molar-refractivity contribution in [3.8, 4) is 0 Å². The summed E-state index contributed by atoms with van der Waals surface area (Å²) in [7, 11) is -1.72. The van der Waals surface area contributed by atoms with E-state index in [1.54, 1.807) is 0 Å². The van der Waals surface area contributed by atoms with Crippen molar-refractivity contribution in [2.45, 2.75) is 25.2 Å². The van der Waals surface area contributed by atoms with Crippen LogP contribution >= 0.6 is 0 Å². The molecule has 11 heavy (non-hydrogen) atoms. The normalized spacial score (nSPS) is 22.7. The molecule has 0 aliphatic heterocycles. The first-order valence-electron chi connectivity index (χ1n) is 3.47. The Labute approximate surface area is 63.7 Å². The Kier molecular flexibility index (Phi) is 2.29. The molecule has 0 unspecified atom stereocenters. The largest absolute Gasteiger partial charge is 0.484 e. The summed E-state index contributed by atoms with van der Waals surface area (Å²) >= 11 is 0. The number of rotatable bonds is 1. The van der Waals surface area contributed by atoms with Gasteiger partial charge in [0, 0.05) is 6.42 Å². The van der Waals surface area contributed by atoms with Crippen LogP contribution in [0.4, 0.5) is 8.78 Å². The standard InChI is InChI=1S/C6H9BF2O2/c8-6(9)3-1-2-5(4-6)7(10)11/h4,10-11H,1-3H2. The van der Waals surface area contributed by atoms with Crippen molar-refractivity contribution >= 4 is 7.12 Å². The summed E-state index contributed by atoms with van der Waals surface area (Å²) < 4.78 is 25.0. The zero-order chi connectivity index (χ0) is 8.48. The molecule has 2 nitrogen and oxygen atoms in total. The van der Waals surface area contributed by atoms with Gasteiger partial charge < -0.3 is 10.0 Å². The molecule has 0 bridgehead atoms. The molecule has 0 spiro atoms. The van der Waals surface area contributed by atoms with E-state index in [9.17, 15) is 8.78 Å². The van der Waals surface area contributed by atoms with Crippen LogP contribution in [0.5, 0.6) is 0 Å². The van der Waals surface area contributed by atoms with Gasteiger partial charge in [-0.25, -0.2) is 8.78 Å². The molecule has 0 amide bonds. The molecule has 0 heterocycles. The Morgan fingerprint density at radius 3 is 2.45 bits per heavy atom. The van der Waals surface area contributed by atoms with Crippen LogP contribution in [-0.2, 0) is 0 Å². The lowest BCUT2D eigenvalue weighted by Gasteiger charge is -2.19. The molecular weight excluding hydrogens is 153 g/mol. The molecule has 0 aromatic carbocycles. The fraction of sp³-hybridized carbons (Fsp3) is 0.667. The Balaban J connectivity index is 2.73. The van der Waals surface area contributed by atoms with Crippen LogP contribution in [0.3, 0.4) is 0 Å². The number of hydrogen-bond donors (Lipinski definition) is 2. The average molecular weight is 162 g/mol. The first-order valence-corrected chi connectivity index (χ1v) is 3.47. The number of alkyl halides is 2. The molecule has 62 valence electrons. The minimum absolute atomic E-state index is 0.0289. The van der Waals surface area contributed by atoms with Gasteiger partial charge >= 0.3 is 7.12 Å². The van der Waals surface area contributed by atoms with E-state index in [-0.39, 0.29) is 11.9 Å². The van der Waals surface area contributed by atoms with Crippen molar-refractivity contribution in [2.24, 2.45) is 0 Å². The second kappa shape index (κ2) is 2.91. The van der Waals surface area contributed by atoms with Gasteiger partial charge in [-0.15, -0.1) is 0 Å². The fourth-order valence-corrected chi connectivity index (χ4v) is 1.15. The molecule has 0 aromatic heterocycles. The van der Waals surface area contributed by atoms with E-state index in [4.69, 9.17) is 10.0 Å². The van der Waals surface area contributed by atoms with Crippen LogP contribution in [-0.4, -0.2) is 23.1 Å². The quantitative estimate of drug-likeness (QED) is 0.558. The molecule has 2 N–H and O–H groups in total. The zero-order valence-corrected chi connectivity index (χ0v) is 5.93. The number of allylic oxidation sites excluding steroid dienone is 2. The molecule has 0 aromatic rings. The van der Waals surface area contributed by atoms with E-state index in [0.29, 0.717) is 18.9 Å². The molecule has 1 aliphatic rings. The third kappa shape index (κ3) is 2.27. The van der Waals surface area contributed by atoms with Gasteiger partial charge in [-0.05, 0) is 24.4 Å². The first kappa shape index (κ1) is 8.68. The highest BCUT2D eigenvalue weighted by Crippen LogP contribution is 2.31. The molecule has 0 saturated carbocycles. The Hall–Kier alpha value is -0.415. The highest BCUT2D eigenvalue weighted by molar-refractivity contribution is 6.50. The highest BCUT2D eigenvalue weighted by Gasteiger charge is 2.32. The van der Waals surface area contributed by atoms with E-state index >= 15 is 0 Å². The lowest BCUT2D eigenvalue weighted by atomic mass is 9.73. The van der Waals surface area contributed by atoms with Gasteiger partial charge in [-0.2, -0.15) is 0 Å². The lowest BCUT2D eigenvalue weighted by molar-refractivity contribution is 0.0377. The van der Waals surface area contributed by atoms with Crippen LogP contribution < -0.4 is 0 Å². The second-order valence-corrected chi connectivity index (χ2v) is 2.71. The van der Waals surface area contributed by atoms with Crippen molar-refractivity contribution in [1.82, 2.24) is 0 Å². The summed E-state index contributed by atoms with van der Waals surface area (Å²) in [5.74, 6) is -2.85. The molecule has 1 rings (SSSR count). The Morgan fingerprint density at radius 2 is 2.09 bits per heavy atom. The molecule has 0 saturated heterocycles. The molecule has 0 radical (unpaired) electrons. The van der Waals surface area contributed by atoms with Gasteiger partial charge in [-0.3, -0.25) is 0 Å². The van der Waals surface area contributed by atoms with Gasteiger partial charge in [0.15, 0.2) is 0 Å². The van der Waals surface area contributed by atoms with E-state index < -0.39 is 13.0 Å². The molecule has 0 atom stereocenters. The highest BCUT2D eigenvalue weighted by atomic mass is 19.3. The minimum atomic E-state index is -2.85. The molecule has 5 heteroatoms. The zero-order valence-electron chi connectivity index (χ0n) is 5.93. The third-order valence-electron chi connectivity index (χ3n) is 1.70. The molecule has 0 fully saturated rings. The monoisotopic (exact) mass is 162 g/mol. The maximum atomic E-state index is 12.5. The predicted molar refractivity (Wildman–Crippen MR) is 37.1 cm³/mol. The van der Waals surface area contributed by atoms with Crippen LogP contribution in [0.25, 0.3) is 0 Å². The first-order chi connectivity index (χ1) is 5.01. The van der Waals surface area contributed by atoms with E-state index in [2.05, 4.69) is 0 Å². The van der Waals surface area contributed by atoms with Crippen molar-refractivity contribution in [1.29, 1.82) is 0 Å². The average Bonchev–Trinajstić information content (AvgIpc) is 1.85. The van der Waals surface area contributed by atoms with Gasteiger partial charge in [-0.1, -0.05) is 0 Å². The topological polar surface area (TPSA) is 40.5 Å². The van der Waals surface area contributed by atoms with E-state index in [0.717, 1.165) is 0 Å². The minimum Gasteiger partial charge on any atom is -0.423 e. The number of halogens is 2. The van der Waals surface area contributed by atoms with Gasteiger partial charge in [0.05, 0.1) is 0 Å². The maximum absolute atomic E-state index is 12.5. The summed E-state index contributed by atoms with van der Waals surface area (Å²) in [6.07, 6.45) is 1.13. The maximum Gasteiger partial charge on any atom is 0.484 e. The fourth-order valence-electron chi connectivity index (χ4n) is 1.15. The van der Waals surface area contributed by atoms with E-state index in [1.165, 1.54) is 0 Å². The van der Waals surface area contributed by atoms with Crippen LogP contribution in [0.1, 0.15) is 19.3 Å². The smallest absolute Gasteiger partial charge is 0.423 e. The Bertz CT molecular complexity index is 179. The predicted octanol–water partition coefficient (Wildman–Crippen LogP) is 0.744. The van der Waals surface area contributed by atoms with E-state index in [1.807, 2.05) is 0 Å². The lowest BCUT2D eigenvalue weighted by Crippen LogP contribution is -2.25. The second-order valence-electron chi connectivity index (χ2n) is 2.71. The van der Waals surface area contributed by atoms with Crippen LogP contribution in [0, 0.1) is 0 Å². The summed E-state index contributed by atoms with van der Waals surface area (Å²) in [6.45, 7) is 0. The molecular formula is C6H9BF2O2.